The fourth-order valence-electron chi connectivity index (χ4n) is 2.84. The summed E-state index contributed by atoms with van der Waals surface area (Å²) < 4.78 is 13.1. The molecule has 2 heterocycles. The molecule has 0 saturated carbocycles. The molecule has 0 bridgehead atoms. The zero-order chi connectivity index (χ0) is 17.9. The number of nitrogens with zero attached hydrogens (tertiary/aromatic N) is 2. The molecule has 0 spiro atoms. The number of para-hydroxylation sites is 1. The van der Waals surface area contributed by atoms with Crippen molar-refractivity contribution in [3.63, 3.8) is 0 Å². The van der Waals surface area contributed by atoms with E-state index in [1.807, 2.05) is 60.7 Å². The van der Waals surface area contributed by atoms with Gasteiger partial charge < -0.3 is 9.15 Å². The Kier molecular flexibility index (Phi) is 4.11. The van der Waals surface area contributed by atoms with Crippen LogP contribution in [0.4, 0.5) is 0 Å². The normalized spacial score (nSPS) is 10.7. The van der Waals surface area contributed by atoms with Crippen molar-refractivity contribution in [2.75, 3.05) is 7.11 Å². The molecule has 128 valence electrons. The first-order chi connectivity index (χ1) is 12.8. The summed E-state index contributed by atoms with van der Waals surface area (Å²) >= 11 is 0. The fraction of sp³-hybridized carbons (Fsp3) is 0.0476. The van der Waals surface area contributed by atoms with Crippen molar-refractivity contribution in [3.05, 3.63) is 89.2 Å². The minimum atomic E-state index is -0.242. The zero-order valence-electron chi connectivity index (χ0n) is 14.1. The highest BCUT2D eigenvalue weighted by atomic mass is 16.5. The SMILES string of the molecule is COc1c(-c2ccnn2-c2ccccc2)oc(-c2ccccc2)cc1=O. The molecule has 0 N–H and O–H groups in total. The summed E-state index contributed by atoms with van der Waals surface area (Å²) in [5.74, 6) is 0.981. The lowest BCUT2D eigenvalue weighted by molar-refractivity contribution is 0.393. The predicted octanol–water partition coefficient (Wildman–Crippen LogP) is 4.17. The number of rotatable bonds is 4. The van der Waals surface area contributed by atoms with Gasteiger partial charge in [0.25, 0.3) is 0 Å². The van der Waals surface area contributed by atoms with Crippen LogP contribution < -0.4 is 10.2 Å². The van der Waals surface area contributed by atoms with Gasteiger partial charge >= 0.3 is 0 Å². The first-order valence-electron chi connectivity index (χ1n) is 8.15. The molecule has 5 nitrogen and oxygen atoms in total. The van der Waals surface area contributed by atoms with Crippen molar-refractivity contribution in [1.29, 1.82) is 0 Å². The molecule has 0 saturated heterocycles. The van der Waals surface area contributed by atoms with Crippen molar-refractivity contribution in [2.24, 2.45) is 0 Å². The topological polar surface area (TPSA) is 57.3 Å². The van der Waals surface area contributed by atoms with Gasteiger partial charge in [0.1, 0.15) is 11.5 Å². The van der Waals surface area contributed by atoms with E-state index in [0.717, 1.165) is 11.3 Å². The van der Waals surface area contributed by atoms with Crippen LogP contribution in [0.3, 0.4) is 0 Å². The van der Waals surface area contributed by atoms with E-state index in [-0.39, 0.29) is 11.2 Å². The van der Waals surface area contributed by atoms with Gasteiger partial charge in [-0.15, -0.1) is 0 Å². The molecule has 4 aromatic rings. The van der Waals surface area contributed by atoms with E-state index in [2.05, 4.69) is 5.10 Å². The predicted molar refractivity (Wildman–Crippen MR) is 99.5 cm³/mol. The lowest BCUT2D eigenvalue weighted by Crippen LogP contribution is -2.08. The number of hydrogen-bond donors (Lipinski definition) is 0. The van der Waals surface area contributed by atoms with Gasteiger partial charge in [-0.1, -0.05) is 48.5 Å². The summed E-state index contributed by atoms with van der Waals surface area (Å²) in [4.78, 5) is 12.6. The quantitative estimate of drug-likeness (QED) is 0.557. The van der Waals surface area contributed by atoms with Gasteiger partial charge in [-0.2, -0.15) is 5.10 Å². The molecular weight excluding hydrogens is 328 g/mol. The van der Waals surface area contributed by atoms with Crippen molar-refractivity contribution >= 4 is 0 Å². The van der Waals surface area contributed by atoms with Crippen LogP contribution in [0.1, 0.15) is 0 Å². The summed E-state index contributed by atoms with van der Waals surface area (Å²) in [6.07, 6.45) is 1.66. The Labute approximate surface area is 150 Å². The molecule has 2 aromatic carbocycles. The van der Waals surface area contributed by atoms with Gasteiger partial charge in [-0.3, -0.25) is 4.79 Å². The second-order valence-electron chi connectivity index (χ2n) is 5.67. The molecular formula is C21H16N2O3. The summed E-state index contributed by atoms with van der Waals surface area (Å²) in [7, 11) is 1.46. The molecule has 0 radical (unpaired) electrons. The molecule has 4 rings (SSSR count). The highest BCUT2D eigenvalue weighted by molar-refractivity contribution is 5.67. The largest absolute Gasteiger partial charge is 0.490 e. The van der Waals surface area contributed by atoms with Gasteiger partial charge in [-0.25, -0.2) is 4.68 Å². The fourth-order valence-corrected chi connectivity index (χ4v) is 2.84. The number of benzene rings is 2. The smallest absolute Gasteiger partial charge is 0.228 e. The minimum absolute atomic E-state index is 0.155. The van der Waals surface area contributed by atoms with E-state index in [4.69, 9.17) is 9.15 Å². The average molecular weight is 344 g/mol. The highest BCUT2D eigenvalue weighted by Gasteiger charge is 2.20. The molecule has 0 aliphatic heterocycles. The van der Waals surface area contributed by atoms with Crippen LogP contribution in [0, 0.1) is 0 Å². The zero-order valence-corrected chi connectivity index (χ0v) is 14.1. The lowest BCUT2D eigenvalue weighted by Gasteiger charge is -2.11. The van der Waals surface area contributed by atoms with Gasteiger partial charge in [-0.05, 0) is 18.2 Å². The number of aromatic nitrogens is 2. The summed E-state index contributed by atoms with van der Waals surface area (Å²) in [5, 5.41) is 4.37. The first-order valence-corrected chi connectivity index (χ1v) is 8.15. The van der Waals surface area contributed by atoms with E-state index >= 15 is 0 Å². The van der Waals surface area contributed by atoms with E-state index in [0.29, 0.717) is 17.2 Å². The van der Waals surface area contributed by atoms with E-state index in [9.17, 15) is 4.79 Å². The Morgan fingerprint density at radius 2 is 1.65 bits per heavy atom. The molecule has 0 aliphatic rings. The van der Waals surface area contributed by atoms with Gasteiger partial charge in [0.15, 0.2) is 5.76 Å². The molecule has 0 aliphatic carbocycles. The van der Waals surface area contributed by atoms with Crippen LogP contribution in [-0.4, -0.2) is 16.9 Å². The summed E-state index contributed by atoms with van der Waals surface area (Å²) in [6.45, 7) is 0. The monoisotopic (exact) mass is 344 g/mol. The van der Waals surface area contributed by atoms with Crippen molar-refractivity contribution in [2.45, 2.75) is 0 Å². The summed E-state index contributed by atoms with van der Waals surface area (Å²) in [6, 6.07) is 22.4. The van der Waals surface area contributed by atoms with E-state index in [1.54, 1.807) is 16.9 Å². The van der Waals surface area contributed by atoms with E-state index < -0.39 is 0 Å². The Morgan fingerprint density at radius 3 is 2.35 bits per heavy atom. The van der Waals surface area contributed by atoms with Crippen LogP contribution in [-0.2, 0) is 0 Å². The standard InChI is InChI=1S/C21H16N2O3/c1-25-21-18(24)14-19(15-8-4-2-5-9-15)26-20(21)17-12-13-22-23(17)16-10-6-3-7-11-16/h2-14H,1H3. The molecule has 2 aromatic heterocycles. The van der Waals surface area contributed by atoms with Crippen molar-refractivity contribution in [1.82, 2.24) is 9.78 Å². The van der Waals surface area contributed by atoms with Crippen LogP contribution >= 0.6 is 0 Å². The average Bonchev–Trinajstić information content (AvgIpc) is 3.18. The van der Waals surface area contributed by atoms with Gasteiger partial charge in [0.05, 0.1) is 19.0 Å². The molecule has 5 heteroatoms. The number of ether oxygens (including phenoxy) is 1. The molecule has 0 atom stereocenters. The van der Waals surface area contributed by atoms with Crippen molar-refractivity contribution < 1.29 is 9.15 Å². The van der Waals surface area contributed by atoms with Crippen LogP contribution in [0.2, 0.25) is 0 Å². The van der Waals surface area contributed by atoms with Crippen LogP contribution in [0.25, 0.3) is 28.5 Å². The maximum atomic E-state index is 12.6. The Hall–Kier alpha value is -3.60. The lowest BCUT2D eigenvalue weighted by atomic mass is 10.1. The summed E-state index contributed by atoms with van der Waals surface area (Å²) in [5.41, 5.74) is 2.08. The minimum Gasteiger partial charge on any atom is -0.490 e. The Bertz CT molecular complexity index is 1080. The third-order valence-electron chi connectivity index (χ3n) is 4.04. The maximum Gasteiger partial charge on any atom is 0.228 e. The number of hydrogen-bond acceptors (Lipinski definition) is 4. The second kappa shape index (κ2) is 6.72. The third-order valence-corrected chi connectivity index (χ3v) is 4.04. The molecule has 0 amide bonds. The third kappa shape index (κ3) is 2.80. The van der Waals surface area contributed by atoms with Gasteiger partial charge in [0, 0.05) is 11.6 Å². The molecule has 0 unspecified atom stereocenters. The molecule has 0 fully saturated rings. The van der Waals surface area contributed by atoms with Crippen molar-refractivity contribution in [3.8, 4) is 34.2 Å². The van der Waals surface area contributed by atoms with Crippen LogP contribution in [0.5, 0.6) is 5.75 Å². The van der Waals surface area contributed by atoms with E-state index in [1.165, 1.54) is 13.2 Å². The van der Waals surface area contributed by atoms with Gasteiger partial charge in [0.2, 0.25) is 11.2 Å². The highest BCUT2D eigenvalue weighted by Crippen LogP contribution is 2.32. The number of methoxy groups -OCH3 is 1. The maximum absolute atomic E-state index is 12.6. The Morgan fingerprint density at radius 1 is 0.962 bits per heavy atom. The molecule has 26 heavy (non-hydrogen) atoms. The first kappa shape index (κ1) is 15.9. The van der Waals surface area contributed by atoms with Crippen LogP contribution in [0.15, 0.2) is 88.2 Å². The Balaban J connectivity index is 1.94. The second-order valence-corrected chi connectivity index (χ2v) is 5.67.